The van der Waals surface area contributed by atoms with Crippen LogP contribution in [0.4, 0.5) is 0 Å². The van der Waals surface area contributed by atoms with Crippen LogP contribution in [-0.4, -0.2) is 20.2 Å². The van der Waals surface area contributed by atoms with Crippen LogP contribution in [0.25, 0.3) is 16.5 Å². The molecule has 102 valence electrons. The number of hydrogen-bond acceptors (Lipinski definition) is 3. The summed E-state index contributed by atoms with van der Waals surface area (Å²) in [5, 5.41) is 14.5. The molecule has 2 aromatic carbocycles. The van der Waals surface area contributed by atoms with Gasteiger partial charge in [0, 0.05) is 15.3 Å². The van der Waals surface area contributed by atoms with Crippen LogP contribution in [0.1, 0.15) is 26.6 Å². The third-order valence-corrected chi connectivity index (χ3v) is 3.91. The summed E-state index contributed by atoms with van der Waals surface area (Å²) >= 11 is 3.59. The van der Waals surface area contributed by atoms with E-state index in [4.69, 9.17) is 0 Å². The Morgan fingerprint density at radius 2 is 1.70 bits per heavy atom. The molecule has 20 heavy (non-hydrogen) atoms. The second-order valence-electron chi connectivity index (χ2n) is 5.78. The van der Waals surface area contributed by atoms with Crippen LogP contribution < -0.4 is 0 Å². The summed E-state index contributed by atoms with van der Waals surface area (Å²) in [5.41, 5.74) is 0.885. The van der Waals surface area contributed by atoms with E-state index in [1.807, 2.05) is 28.9 Å². The highest BCUT2D eigenvalue weighted by atomic mass is 79.9. The lowest BCUT2D eigenvalue weighted by Crippen LogP contribution is -2.19. The molecule has 0 fully saturated rings. The summed E-state index contributed by atoms with van der Waals surface area (Å²) in [6.07, 6.45) is 0. The normalized spacial score (nSPS) is 12.0. The Labute approximate surface area is 125 Å². The second kappa shape index (κ2) is 4.66. The van der Waals surface area contributed by atoms with E-state index >= 15 is 0 Å². The van der Waals surface area contributed by atoms with Crippen LogP contribution in [0, 0.1) is 0 Å². The lowest BCUT2D eigenvalue weighted by atomic mass is 9.95. The van der Waals surface area contributed by atoms with E-state index in [9.17, 15) is 0 Å². The SMILES string of the molecule is CC(C)(C)c1nnnn1-c1ccc(Br)c2ccccc12. The molecule has 0 aliphatic heterocycles. The molecule has 0 bridgehead atoms. The van der Waals surface area contributed by atoms with Gasteiger partial charge in [0.25, 0.3) is 0 Å². The van der Waals surface area contributed by atoms with Crippen LogP contribution in [0.5, 0.6) is 0 Å². The van der Waals surface area contributed by atoms with Crippen molar-refractivity contribution < 1.29 is 0 Å². The monoisotopic (exact) mass is 330 g/mol. The van der Waals surface area contributed by atoms with Crippen molar-refractivity contribution in [3.63, 3.8) is 0 Å². The molecule has 3 rings (SSSR count). The average Bonchev–Trinajstić information content (AvgIpc) is 2.89. The largest absolute Gasteiger partial charge is 0.196 e. The Morgan fingerprint density at radius 1 is 1.00 bits per heavy atom. The fourth-order valence-electron chi connectivity index (χ4n) is 2.25. The summed E-state index contributed by atoms with van der Waals surface area (Å²) in [6.45, 7) is 6.32. The molecule has 4 nitrogen and oxygen atoms in total. The van der Waals surface area contributed by atoms with Crippen molar-refractivity contribution >= 4 is 26.7 Å². The summed E-state index contributed by atoms with van der Waals surface area (Å²) < 4.78 is 2.90. The van der Waals surface area contributed by atoms with Gasteiger partial charge in [0.15, 0.2) is 5.82 Å². The van der Waals surface area contributed by atoms with Crippen LogP contribution in [0.15, 0.2) is 40.9 Å². The van der Waals surface area contributed by atoms with Gasteiger partial charge in [-0.3, -0.25) is 0 Å². The Balaban J connectivity index is 2.32. The zero-order chi connectivity index (χ0) is 14.3. The van der Waals surface area contributed by atoms with Gasteiger partial charge in [-0.05, 0) is 27.9 Å². The molecule has 0 saturated heterocycles. The number of benzene rings is 2. The number of aromatic nitrogens is 4. The average molecular weight is 331 g/mol. The van der Waals surface area contributed by atoms with Gasteiger partial charge in [0.05, 0.1) is 5.69 Å². The predicted octanol–water partition coefficient (Wildman–Crippen LogP) is 3.88. The van der Waals surface area contributed by atoms with Crippen LogP contribution in [0.2, 0.25) is 0 Å². The van der Waals surface area contributed by atoms with Gasteiger partial charge in [-0.1, -0.05) is 61.0 Å². The molecule has 0 radical (unpaired) electrons. The number of halogens is 1. The first-order valence-corrected chi connectivity index (χ1v) is 7.24. The van der Waals surface area contributed by atoms with Crippen LogP contribution in [-0.2, 0) is 5.41 Å². The minimum atomic E-state index is -0.113. The first-order valence-electron chi connectivity index (χ1n) is 6.45. The molecule has 1 heterocycles. The Hall–Kier alpha value is -1.75. The molecule has 1 aromatic heterocycles. The molecule has 0 unspecified atom stereocenters. The highest BCUT2D eigenvalue weighted by molar-refractivity contribution is 9.10. The van der Waals surface area contributed by atoms with Gasteiger partial charge in [-0.2, -0.15) is 4.68 Å². The van der Waals surface area contributed by atoms with Crippen molar-refractivity contribution in [3.8, 4) is 5.69 Å². The van der Waals surface area contributed by atoms with E-state index in [2.05, 4.69) is 64.4 Å². The van der Waals surface area contributed by atoms with E-state index in [1.165, 1.54) is 0 Å². The lowest BCUT2D eigenvalue weighted by Gasteiger charge is -2.18. The van der Waals surface area contributed by atoms with Gasteiger partial charge in [0.1, 0.15) is 0 Å². The Kier molecular flexibility index (Phi) is 3.09. The highest BCUT2D eigenvalue weighted by Crippen LogP contribution is 2.30. The van der Waals surface area contributed by atoms with Crippen molar-refractivity contribution in [1.29, 1.82) is 0 Å². The fourth-order valence-corrected chi connectivity index (χ4v) is 2.73. The van der Waals surface area contributed by atoms with Crippen LogP contribution >= 0.6 is 15.9 Å². The van der Waals surface area contributed by atoms with Gasteiger partial charge >= 0.3 is 0 Å². The quantitative estimate of drug-likeness (QED) is 0.680. The van der Waals surface area contributed by atoms with Crippen molar-refractivity contribution in [2.75, 3.05) is 0 Å². The van der Waals surface area contributed by atoms with Crippen molar-refractivity contribution in [3.05, 3.63) is 46.7 Å². The number of fused-ring (bicyclic) bond motifs is 1. The topological polar surface area (TPSA) is 43.6 Å². The number of tetrazole rings is 1. The minimum absolute atomic E-state index is 0.113. The molecular weight excluding hydrogens is 316 g/mol. The number of rotatable bonds is 1. The molecule has 3 aromatic rings. The summed E-state index contributed by atoms with van der Waals surface area (Å²) in [4.78, 5) is 0. The third kappa shape index (κ3) is 2.12. The first kappa shape index (κ1) is 13.2. The van der Waals surface area contributed by atoms with Crippen molar-refractivity contribution in [1.82, 2.24) is 20.2 Å². The van der Waals surface area contributed by atoms with Gasteiger partial charge in [-0.25, -0.2) is 0 Å². The molecular formula is C15H15BrN4. The lowest BCUT2D eigenvalue weighted by molar-refractivity contribution is 0.526. The molecule has 0 saturated carbocycles. The van der Waals surface area contributed by atoms with E-state index in [0.29, 0.717) is 0 Å². The summed E-state index contributed by atoms with van der Waals surface area (Å²) in [5.74, 6) is 0.852. The first-order chi connectivity index (χ1) is 9.48. The van der Waals surface area contributed by atoms with Gasteiger partial charge in [0.2, 0.25) is 0 Å². The zero-order valence-electron chi connectivity index (χ0n) is 11.6. The maximum atomic E-state index is 4.18. The van der Waals surface area contributed by atoms with E-state index < -0.39 is 0 Å². The predicted molar refractivity (Wildman–Crippen MR) is 83.1 cm³/mol. The van der Waals surface area contributed by atoms with E-state index in [1.54, 1.807) is 0 Å². The second-order valence-corrected chi connectivity index (χ2v) is 6.63. The Bertz CT molecular complexity index is 771. The standard InChI is InChI=1S/C15H15BrN4/c1-15(2,3)14-17-18-19-20(14)13-9-8-12(16)10-6-4-5-7-11(10)13/h4-9H,1-3H3. The van der Waals surface area contributed by atoms with Crippen LogP contribution in [0.3, 0.4) is 0 Å². The summed E-state index contributed by atoms with van der Waals surface area (Å²) in [7, 11) is 0. The minimum Gasteiger partial charge on any atom is -0.196 e. The van der Waals surface area contributed by atoms with Crippen molar-refractivity contribution in [2.24, 2.45) is 0 Å². The molecule has 0 aliphatic carbocycles. The summed E-state index contributed by atoms with van der Waals surface area (Å²) in [6, 6.07) is 12.3. The molecule has 0 spiro atoms. The molecule has 0 N–H and O–H groups in total. The third-order valence-electron chi connectivity index (χ3n) is 3.22. The Morgan fingerprint density at radius 3 is 2.40 bits per heavy atom. The number of nitrogens with zero attached hydrogens (tertiary/aromatic N) is 4. The van der Waals surface area contributed by atoms with Crippen molar-refractivity contribution in [2.45, 2.75) is 26.2 Å². The molecule has 0 aliphatic rings. The maximum absolute atomic E-state index is 4.18. The maximum Gasteiger partial charge on any atom is 0.162 e. The van der Waals surface area contributed by atoms with E-state index in [-0.39, 0.29) is 5.41 Å². The fraction of sp³-hybridized carbons (Fsp3) is 0.267. The molecule has 5 heteroatoms. The van der Waals surface area contributed by atoms with Gasteiger partial charge in [-0.15, -0.1) is 5.10 Å². The van der Waals surface area contributed by atoms with E-state index in [0.717, 1.165) is 26.8 Å². The zero-order valence-corrected chi connectivity index (χ0v) is 13.2. The highest BCUT2D eigenvalue weighted by Gasteiger charge is 2.23. The smallest absolute Gasteiger partial charge is 0.162 e. The number of hydrogen-bond donors (Lipinski definition) is 0. The van der Waals surface area contributed by atoms with Gasteiger partial charge < -0.3 is 0 Å². The molecule has 0 amide bonds. The molecule has 0 atom stereocenters.